The van der Waals surface area contributed by atoms with Crippen LogP contribution in [0.4, 0.5) is 0 Å². The van der Waals surface area contributed by atoms with E-state index in [-0.39, 0.29) is 6.10 Å². The third-order valence-electron chi connectivity index (χ3n) is 3.80. The molecular weight excluding hydrogens is 240 g/mol. The van der Waals surface area contributed by atoms with Crippen molar-refractivity contribution in [2.75, 3.05) is 13.7 Å². The SMILES string of the molecule is CCCCCOC1CCc2cc(OC)ccc2C1O. The van der Waals surface area contributed by atoms with E-state index in [1.165, 1.54) is 18.4 Å². The summed E-state index contributed by atoms with van der Waals surface area (Å²) in [6.07, 6.45) is 4.73. The van der Waals surface area contributed by atoms with E-state index in [9.17, 15) is 5.11 Å². The van der Waals surface area contributed by atoms with E-state index < -0.39 is 6.10 Å². The molecule has 2 unspecified atom stereocenters. The van der Waals surface area contributed by atoms with Crippen molar-refractivity contribution >= 4 is 0 Å². The van der Waals surface area contributed by atoms with E-state index in [2.05, 4.69) is 6.92 Å². The highest BCUT2D eigenvalue weighted by molar-refractivity contribution is 5.39. The van der Waals surface area contributed by atoms with Crippen LogP contribution in [0.15, 0.2) is 18.2 Å². The molecule has 3 nitrogen and oxygen atoms in total. The van der Waals surface area contributed by atoms with Crippen molar-refractivity contribution in [3.63, 3.8) is 0 Å². The Morgan fingerprint density at radius 3 is 2.89 bits per heavy atom. The summed E-state index contributed by atoms with van der Waals surface area (Å²) in [6, 6.07) is 5.88. The lowest BCUT2D eigenvalue weighted by Gasteiger charge is -2.30. The number of hydrogen-bond donors (Lipinski definition) is 1. The largest absolute Gasteiger partial charge is 0.497 e. The van der Waals surface area contributed by atoms with Crippen molar-refractivity contribution in [2.45, 2.75) is 51.2 Å². The zero-order valence-corrected chi connectivity index (χ0v) is 11.9. The van der Waals surface area contributed by atoms with E-state index in [1.807, 2.05) is 18.2 Å². The van der Waals surface area contributed by atoms with Gasteiger partial charge in [0.15, 0.2) is 0 Å². The molecule has 1 aliphatic rings. The van der Waals surface area contributed by atoms with Gasteiger partial charge in [-0.3, -0.25) is 0 Å². The Morgan fingerprint density at radius 1 is 1.32 bits per heavy atom. The molecule has 0 spiro atoms. The Kier molecular flexibility index (Phi) is 5.23. The summed E-state index contributed by atoms with van der Waals surface area (Å²) in [7, 11) is 1.67. The number of methoxy groups -OCH3 is 1. The molecule has 2 rings (SSSR count). The van der Waals surface area contributed by atoms with Crippen LogP contribution in [0.3, 0.4) is 0 Å². The first-order valence-corrected chi connectivity index (χ1v) is 7.22. The fourth-order valence-corrected chi connectivity index (χ4v) is 2.63. The average molecular weight is 264 g/mol. The number of rotatable bonds is 6. The number of fused-ring (bicyclic) bond motifs is 1. The van der Waals surface area contributed by atoms with Crippen LogP contribution in [0, 0.1) is 0 Å². The van der Waals surface area contributed by atoms with Gasteiger partial charge in [-0.05, 0) is 42.5 Å². The van der Waals surface area contributed by atoms with Gasteiger partial charge in [-0.1, -0.05) is 25.8 Å². The van der Waals surface area contributed by atoms with Crippen LogP contribution in [0.2, 0.25) is 0 Å². The van der Waals surface area contributed by atoms with Crippen molar-refractivity contribution < 1.29 is 14.6 Å². The molecule has 0 fully saturated rings. The summed E-state index contributed by atoms with van der Waals surface area (Å²) < 4.78 is 11.1. The van der Waals surface area contributed by atoms with Gasteiger partial charge in [-0.2, -0.15) is 0 Å². The fraction of sp³-hybridized carbons (Fsp3) is 0.625. The van der Waals surface area contributed by atoms with Gasteiger partial charge in [0.05, 0.1) is 13.2 Å². The maximum Gasteiger partial charge on any atom is 0.119 e. The van der Waals surface area contributed by atoms with Crippen molar-refractivity contribution in [3.8, 4) is 5.75 Å². The van der Waals surface area contributed by atoms with Crippen molar-refractivity contribution in [1.82, 2.24) is 0 Å². The van der Waals surface area contributed by atoms with Gasteiger partial charge in [-0.15, -0.1) is 0 Å². The van der Waals surface area contributed by atoms with E-state index in [1.54, 1.807) is 7.11 Å². The summed E-state index contributed by atoms with van der Waals surface area (Å²) in [5.74, 6) is 0.855. The Labute approximate surface area is 115 Å². The third kappa shape index (κ3) is 3.48. The first-order valence-electron chi connectivity index (χ1n) is 7.22. The van der Waals surface area contributed by atoms with Crippen LogP contribution >= 0.6 is 0 Å². The summed E-state index contributed by atoms with van der Waals surface area (Å²) in [5.41, 5.74) is 2.17. The highest BCUT2D eigenvalue weighted by atomic mass is 16.5. The van der Waals surface area contributed by atoms with Gasteiger partial charge in [0.1, 0.15) is 11.9 Å². The number of aliphatic hydroxyl groups is 1. The number of benzene rings is 1. The molecule has 1 aliphatic carbocycles. The van der Waals surface area contributed by atoms with Crippen LogP contribution in [0.1, 0.15) is 49.8 Å². The van der Waals surface area contributed by atoms with Crippen LogP contribution in [0.25, 0.3) is 0 Å². The van der Waals surface area contributed by atoms with Gasteiger partial charge in [-0.25, -0.2) is 0 Å². The number of hydrogen-bond acceptors (Lipinski definition) is 3. The Morgan fingerprint density at radius 2 is 2.16 bits per heavy atom. The molecule has 19 heavy (non-hydrogen) atoms. The standard InChI is InChI=1S/C16H24O3/c1-3-4-5-10-19-15-9-6-12-11-13(18-2)7-8-14(12)16(15)17/h7-8,11,15-17H,3-6,9-10H2,1-2H3. The fourth-order valence-electron chi connectivity index (χ4n) is 2.63. The van der Waals surface area contributed by atoms with Gasteiger partial charge in [0.2, 0.25) is 0 Å². The Bertz CT molecular complexity index is 403. The van der Waals surface area contributed by atoms with Crippen molar-refractivity contribution in [2.24, 2.45) is 0 Å². The van der Waals surface area contributed by atoms with Gasteiger partial charge >= 0.3 is 0 Å². The molecule has 0 bridgehead atoms. The second kappa shape index (κ2) is 6.92. The lowest BCUT2D eigenvalue weighted by atomic mass is 9.87. The van der Waals surface area contributed by atoms with Gasteiger partial charge < -0.3 is 14.6 Å². The zero-order valence-electron chi connectivity index (χ0n) is 11.9. The highest BCUT2D eigenvalue weighted by Crippen LogP contribution is 2.33. The quantitative estimate of drug-likeness (QED) is 0.802. The molecule has 1 N–H and O–H groups in total. The summed E-state index contributed by atoms with van der Waals surface area (Å²) in [6.45, 7) is 2.93. The predicted octanol–water partition coefficient (Wildman–Crippen LogP) is 3.25. The van der Waals surface area contributed by atoms with Crippen molar-refractivity contribution in [3.05, 3.63) is 29.3 Å². The Balaban J connectivity index is 1.97. The predicted molar refractivity (Wildman–Crippen MR) is 75.5 cm³/mol. The first-order chi connectivity index (χ1) is 9.26. The van der Waals surface area contributed by atoms with Gasteiger partial charge in [0.25, 0.3) is 0 Å². The van der Waals surface area contributed by atoms with E-state index >= 15 is 0 Å². The van der Waals surface area contributed by atoms with E-state index in [0.717, 1.165) is 37.2 Å². The number of ether oxygens (including phenoxy) is 2. The first kappa shape index (κ1) is 14.4. The second-order valence-electron chi connectivity index (χ2n) is 5.16. The molecule has 3 heteroatoms. The third-order valence-corrected chi connectivity index (χ3v) is 3.80. The minimum absolute atomic E-state index is 0.0576. The minimum atomic E-state index is -0.503. The van der Waals surface area contributed by atoms with E-state index in [0.29, 0.717) is 0 Å². The molecule has 0 saturated carbocycles. The summed E-state index contributed by atoms with van der Waals surface area (Å²) in [5, 5.41) is 10.4. The summed E-state index contributed by atoms with van der Waals surface area (Å²) in [4.78, 5) is 0. The molecule has 0 amide bonds. The maximum atomic E-state index is 10.4. The lowest BCUT2D eigenvalue weighted by molar-refractivity contribution is -0.0493. The van der Waals surface area contributed by atoms with Crippen LogP contribution in [0.5, 0.6) is 5.75 Å². The molecule has 0 aliphatic heterocycles. The topological polar surface area (TPSA) is 38.7 Å². The molecule has 0 saturated heterocycles. The molecule has 1 aromatic rings. The molecular formula is C16H24O3. The van der Waals surface area contributed by atoms with Gasteiger partial charge in [0, 0.05) is 6.61 Å². The number of unbranched alkanes of at least 4 members (excludes halogenated alkanes) is 2. The molecule has 1 aromatic carbocycles. The molecule has 0 heterocycles. The maximum absolute atomic E-state index is 10.4. The lowest BCUT2D eigenvalue weighted by Crippen LogP contribution is -2.28. The molecule has 2 atom stereocenters. The number of aryl methyl sites for hydroxylation is 1. The summed E-state index contributed by atoms with van der Waals surface area (Å²) >= 11 is 0. The Hall–Kier alpha value is -1.06. The smallest absolute Gasteiger partial charge is 0.119 e. The van der Waals surface area contributed by atoms with Crippen LogP contribution in [-0.2, 0) is 11.2 Å². The minimum Gasteiger partial charge on any atom is -0.497 e. The number of aliphatic hydroxyl groups excluding tert-OH is 1. The van der Waals surface area contributed by atoms with Crippen molar-refractivity contribution in [1.29, 1.82) is 0 Å². The molecule has 0 radical (unpaired) electrons. The zero-order chi connectivity index (χ0) is 13.7. The van der Waals surface area contributed by atoms with E-state index in [4.69, 9.17) is 9.47 Å². The molecule has 0 aromatic heterocycles. The molecule has 106 valence electrons. The second-order valence-corrected chi connectivity index (χ2v) is 5.16. The average Bonchev–Trinajstić information content (AvgIpc) is 2.45. The van der Waals surface area contributed by atoms with Crippen LogP contribution < -0.4 is 4.74 Å². The monoisotopic (exact) mass is 264 g/mol. The van der Waals surface area contributed by atoms with Crippen LogP contribution in [-0.4, -0.2) is 24.9 Å². The highest BCUT2D eigenvalue weighted by Gasteiger charge is 2.28. The normalized spacial score (nSPS) is 22.1.